The lowest BCUT2D eigenvalue weighted by Crippen LogP contribution is -2.38. The highest BCUT2D eigenvalue weighted by Crippen LogP contribution is 2.31. The molecule has 1 amide bonds. The molecule has 144 valence electrons. The standard InChI is InChI=1S/C22H27NO4/c1-4-11-26-20-10-9-16(13-21(20)25-3)15(2)23-22(24)18-12-17-7-5-6-8-19(17)27-14-18/h5-10,13,15,18H,4,11-12,14H2,1-3H3,(H,23,24)/t15-,18-/m0/s1. The van der Waals surface area contributed by atoms with Crippen LogP contribution >= 0.6 is 0 Å². The van der Waals surface area contributed by atoms with Gasteiger partial charge in [-0.25, -0.2) is 0 Å². The number of para-hydroxylation sites is 1. The second kappa shape index (κ2) is 8.80. The Morgan fingerprint density at radius 1 is 1.26 bits per heavy atom. The number of rotatable bonds is 7. The van der Waals surface area contributed by atoms with Gasteiger partial charge in [-0.1, -0.05) is 31.2 Å². The zero-order valence-electron chi connectivity index (χ0n) is 16.2. The smallest absolute Gasteiger partial charge is 0.227 e. The monoisotopic (exact) mass is 369 g/mol. The largest absolute Gasteiger partial charge is 0.493 e. The Bertz CT molecular complexity index is 790. The number of benzene rings is 2. The predicted molar refractivity (Wildman–Crippen MR) is 104 cm³/mol. The van der Waals surface area contributed by atoms with E-state index in [1.165, 1.54) is 0 Å². The highest BCUT2D eigenvalue weighted by atomic mass is 16.5. The van der Waals surface area contributed by atoms with E-state index in [0.717, 1.165) is 29.0 Å². The Labute approximate surface area is 160 Å². The van der Waals surface area contributed by atoms with Crippen molar-refractivity contribution in [3.63, 3.8) is 0 Å². The maximum Gasteiger partial charge on any atom is 0.227 e. The van der Waals surface area contributed by atoms with Crippen molar-refractivity contribution in [2.24, 2.45) is 5.92 Å². The summed E-state index contributed by atoms with van der Waals surface area (Å²) in [6.45, 7) is 5.08. The van der Waals surface area contributed by atoms with Crippen LogP contribution in [-0.2, 0) is 11.2 Å². The fourth-order valence-corrected chi connectivity index (χ4v) is 3.20. The summed E-state index contributed by atoms with van der Waals surface area (Å²) in [4.78, 5) is 12.7. The molecule has 0 saturated carbocycles. The fraction of sp³-hybridized carbons (Fsp3) is 0.409. The summed E-state index contributed by atoms with van der Waals surface area (Å²) in [5.41, 5.74) is 2.05. The predicted octanol–water partition coefficient (Wildman–Crippen LogP) is 3.91. The molecule has 2 aromatic carbocycles. The minimum absolute atomic E-state index is 0.00211. The maximum atomic E-state index is 12.7. The van der Waals surface area contributed by atoms with Crippen molar-refractivity contribution < 1.29 is 19.0 Å². The van der Waals surface area contributed by atoms with Gasteiger partial charge in [0.1, 0.15) is 12.4 Å². The van der Waals surface area contributed by atoms with Crippen LogP contribution in [0.1, 0.15) is 37.4 Å². The summed E-state index contributed by atoms with van der Waals surface area (Å²) in [5.74, 6) is 2.09. The van der Waals surface area contributed by atoms with E-state index in [1.807, 2.05) is 49.4 Å². The third-order valence-corrected chi connectivity index (χ3v) is 4.76. The maximum absolute atomic E-state index is 12.7. The molecule has 5 nitrogen and oxygen atoms in total. The van der Waals surface area contributed by atoms with E-state index in [-0.39, 0.29) is 17.9 Å². The zero-order valence-corrected chi connectivity index (χ0v) is 16.2. The molecule has 1 heterocycles. The molecule has 5 heteroatoms. The number of carbonyl (C=O) groups excluding carboxylic acids is 1. The third-order valence-electron chi connectivity index (χ3n) is 4.76. The number of hydrogen-bond donors (Lipinski definition) is 1. The molecular formula is C22H27NO4. The zero-order chi connectivity index (χ0) is 19.2. The highest BCUT2D eigenvalue weighted by Gasteiger charge is 2.27. The molecule has 0 radical (unpaired) electrons. The number of carbonyl (C=O) groups is 1. The number of methoxy groups -OCH3 is 1. The quantitative estimate of drug-likeness (QED) is 0.804. The van der Waals surface area contributed by atoms with Crippen LogP contribution in [0.4, 0.5) is 0 Å². The average Bonchev–Trinajstić information content (AvgIpc) is 2.71. The molecule has 0 bridgehead atoms. The molecule has 0 fully saturated rings. The number of hydrogen-bond acceptors (Lipinski definition) is 4. The van der Waals surface area contributed by atoms with Gasteiger partial charge < -0.3 is 19.5 Å². The molecule has 0 spiro atoms. The van der Waals surface area contributed by atoms with Crippen LogP contribution in [0.3, 0.4) is 0 Å². The molecule has 0 saturated heterocycles. The summed E-state index contributed by atoms with van der Waals surface area (Å²) in [7, 11) is 1.62. The van der Waals surface area contributed by atoms with Crippen molar-refractivity contribution in [2.75, 3.05) is 20.3 Å². The number of ether oxygens (including phenoxy) is 3. The van der Waals surface area contributed by atoms with E-state index < -0.39 is 0 Å². The summed E-state index contributed by atoms with van der Waals surface area (Å²) in [5, 5.41) is 3.10. The molecule has 1 aliphatic heterocycles. The first-order valence-corrected chi connectivity index (χ1v) is 9.44. The number of amides is 1. The Hall–Kier alpha value is -2.69. The second-order valence-corrected chi connectivity index (χ2v) is 6.81. The molecular weight excluding hydrogens is 342 g/mol. The number of nitrogens with one attached hydrogen (secondary N) is 1. The van der Waals surface area contributed by atoms with Gasteiger partial charge in [0.15, 0.2) is 11.5 Å². The first kappa shape index (κ1) is 19.1. The van der Waals surface area contributed by atoms with E-state index in [0.29, 0.717) is 25.4 Å². The molecule has 0 aromatic heterocycles. The van der Waals surface area contributed by atoms with Crippen molar-refractivity contribution in [1.82, 2.24) is 5.32 Å². The van der Waals surface area contributed by atoms with E-state index in [2.05, 4.69) is 12.2 Å². The molecule has 1 aliphatic rings. The molecule has 2 aromatic rings. The van der Waals surface area contributed by atoms with Gasteiger partial charge in [0.2, 0.25) is 5.91 Å². The lowest BCUT2D eigenvalue weighted by molar-refractivity contribution is -0.126. The van der Waals surface area contributed by atoms with Gasteiger partial charge in [0.05, 0.1) is 25.7 Å². The molecule has 1 N–H and O–H groups in total. The van der Waals surface area contributed by atoms with E-state index in [4.69, 9.17) is 14.2 Å². The van der Waals surface area contributed by atoms with Crippen LogP contribution in [0.15, 0.2) is 42.5 Å². The van der Waals surface area contributed by atoms with Crippen LogP contribution in [0.25, 0.3) is 0 Å². The minimum Gasteiger partial charge on any atom is -0.493 e. The summed E-state index contributed by atoms with van der Waals surface area (Å²) >= 11 is 0. The Morgan fingerprint density at radius 2 is 2.07 bits per heavy atom. The van der Waals surface area contributed by atoms with Gasteiger partial charge in [-0.05, 0) is 49.1 Å². The molecule has 0 unspecified atom stereocenters. The fourth-order valence-electron chi connectivity index (χ4n) is 3.20. The Balaban J connectivity index is 1.64. The first-order valence-electron chi connectivity index (χ1n) is 9.44. The van der Waals surface area contributed by atoms with Crippen molar-refractivity contribution in [1.29, 1.82) is 0 Å². The summed E-state index contributed by atoms with van der Waals surface area (Å²) in [6.07, 6.45) is 1.63. The van der Waals surface area contributed by atoms with E-state index in [1.54, 1.807) is 7.11 Å². The Morgan fingerprint density at radius 3 is 2.85 bits per heavy atom. The van der Waals surface area contributed by atoms with E-state index >= 15 is 0 Å². The summed E-state index contributed by atoms with van der Waals surface area (Å²) in [6, 6.07) is 13.5. The molecule has 0 aliphatic carbocycles. The molecule has 27 heavy (non-hydrogen) atoms. The SMILES string of the molecule is CCCOc1ccc([C@H](C)NC(=O)[C@@H]2COc3ccccc3C2)cc1OC. The normalized spacial score (nSPS) is 16.6. The van der Waals surface area contributed by atoms with Gasteiger partial charge in [0, 0.05) is 0 Å². The summed E-state index contributed by atoms with van der Waals surface area (Å²) < 4.78 is 16.9. The Kier molecular flexibility index (Phi) is 6.22. The van der Waals surface area contributed by atoms with Crippen molar-refractivity contribution in [3.05, 3.63) is 53.6 Å². The van der Waals surface area contributed by atoms with Crippen LogP contribution < -0.4 is 19.5 Å². The lowest BCUT2D eigenvalue weighted by atomic mass is 9.95. The third kappa shape index (κ3) is 4.54. The van der Waals surface area contributed by atoms with Gasteiger partial charge >= 0.3 is 0 Å². The average molecular weight is 369 g/mol. The minimum atomic E-state index is -0.184. The second-order valence-electron chi connectivity index (χ2n) is 6.81. The first-order chi connectivity index (χ1) is 13.1. The van der Waals surface area contributed by atoms with Crippen LogP contribution in [-0.4, -0.2) is 26.2 Å². The molecule has 3 rings (SSSR count). The van der Waals surface area contributed by atoms with Crippen LogP contribution in [0.5, 0.6) is 17.2 Å². The highest BCUT2D eigenvalue weighted by molar-refractivity contribution is 5.80. The molecule has 2 atom stereocenters. The van der Waals surface area contributed by atoms with Crippen LogP contribution in [0, 0.1) is 5.92 Å². The van der Waals surface area contributed by atoms with Gasteiger partial charge in [0.25, 0.3) is 0 Å². The lowest BCUT2D eigenvalue weighted by Gasteiger charge is -2.26. The van der Waals surface area contributed by atoms with Gasteiger partial charge in [-0.15, -0.1) is 0 Å². The van der Waals surface area contributed by atoms with Crippen molar-refractivity contribution >= 4 is 5.91 Å². The van der Waals surface area contributed by atoms with Crippen molar-refractivity contribution in [3.8, 4) is 17.2 Å². The van der Waals surface area contributed by atoms with Gasteiger partial charge in [-0.3, -0.25) is 4.79 Å². The number of fused-ring (bicyclic) bond motifs is 1. The van der Waals surface area contributed by atoms with Gasteiger partial charge in [-0.2, -0.15) is 0 Å². The van der Waals surface area contributed by atoms with E-state index in [9.17, 15) is 4.79 Å². The topological polar surface area (TPSA) is 56.8 Å². The van der Waals surface area contributed by atoms with Crippen LogP contribution in [0.2, 0.25) is 0 Å². The van der Waals surface area contributed by atoms with Crippen molar-refractivity contribution in [2.45, 2.75) is 32.7 Å².